The molecule has 5 heteroatoms. The first kappa shape index (κ1) is 28.7. The van der Waals surface area contributed by atoms with Crippen molar-refractivity contribution >= 4 is 65.1 Å². The van der Waals surface area contributed by atoms with E-state index in [0.29, 0.717) is 5.84 Å². The number of hydrogen-bond acceptors (Lipinski definition) is 5. The topological polar surface area (TPSA) is 49.9 Å². The number of thiophene rings is 1. The summed E-state index contributed by atoms with van der Waals surface area (Å²) in [5.74, 6) is 1.47. The molecule has 2 aromatic heterocycles. The normalized spacial score (nSPS) is 14.6. The molecule has 1 N–H and O–H groups in total. The molecule has 1 atom stereocenters. The van der Waals surface area contributed by atoms with Gasteiger partial charge in [0.25, 0.3) is 0 Å². The molecule has 0 fully saturated rings. The number of amidine groups is 2. The highest BCUT2D eigenvalue weighted by Gasteiger charge is 2.26. The Labute approximate surface area is 292 Å². The van der Waals surface area contributed by atoms with E-state index < -0.39 is 6.17 Å². The van der Waals surface area contributed by atoms with Gasteiger partial charge in [0.1, 0.15) is 23.2 Å². The molecule has 10 rings (SSSR count). The van der Waals surface area contributed by atoms with Crippen LogP contribution in [0.2, 0.25) is 0 Å². The zero-order valence-electron chi connectivity index (χ0n) is 26.9. The van der Waals surface area contributed by atoms with Gasteiger partial charge in [0, 0.05) is 47.6 Å². The lowest BCUT2D eigenvalue weighted by Gasteiger charge is -2.24. The minimum Gasteiger partial charge on any atom is -0.456 e. The molecular weight excluding hydrogens is 631 g/mol. The number of rotatable bonds is 5. The lowest BCUT2D eigenvalue weighted by molar-refractivity contribution is 0.662. The molecular formula is C45H29N3OS. The van der Waals surface area contributed by atoms with Gasteiger partial charge in [0.15, 0.2) is 5.84 Å². The smallest absolute Gasteiger partial charge is 0.159 e. The first-order valence-electron chi connectivity index (χ1n) is 16.8. The second kappa shape index (κ2) is 11.7. The van der Waals surface area contributed by atoms with Gasteiger partial charge in [-0.2, -0.15) is 0 Å². The standard InChI is InChI=1S/C45H29N3OS/c1-3-12-28(13-4-1)29-24-26-31(27-25-29)44-46-43(30-14-5-2-6-15-30)47-45(48-44)35-19-10-21-37-42(35)41-33(17-9-20-36(41)49-37)32-18-11-23-39-40(32)34-16-7-8-22-38(34)50-39/h1-27,45H,(H,46,47,48). The zero-order chi connectivity index (χ0) is 33.0. The Morgan fingerprint density at radius 1 is 0.480 bits per heavy atom. The van der Waals surface area contributed by atoms with Crippen LogP contribution in [0.1, 0.15) is 22.9 Å². The molecule has 236 valence electrons. The summed E-state index contributed by atoms with van der Waals surface area (Å²) in [6, 6.07) is 57.2. The van der Waals surface area contributed by atoms with Crippen LogP contribution in [-0.2, 0) is 0 Å². The Morgan fingerprint density at radius 2 is 1.08 bits per heavy atom. The number of hydrogen-bond donors (Lipinski definition) is 1. The third-order valence-electron chi connectivity index (χ3n) is 9.58. The summed E-state index contributed by atoms with van der Waals surface area (Å²) in [6.07, 6.45) is -0.401. The SMILES string of the molecule is c1ccc(C2=NC(c3ccc(-c4ccccc4)cc3)=NC(c3cccc4oc5cccc(-c6cccc7sc8ccccc8c67)c5c34)N2)cc1. The molecule has 0 saturated heterocycles. The molecule has 0 saturated carbocycles. The number of nitrogens with zero attached hydrogens (tertiary/aromatic N) is 2. The summed E-state index contributed by atoms with van der Waals surface area (Å²) in [7, 11) is 0. The van der Waals surface area contributed by atoms with E-state index in [1.165, 1.54) is 31.3 Å². The van der Waals surface area contributed by atoms with Gasteiger partial charge in [-0.1, -0.05) is 140 Å². The molecule has 9 aromatic rings. The highest BCUT2D eigenvalue weighted by atomic mass is 32.1. The average molecular weight is 660 g/mol. The van der Waals surface area contributed by atoms with Crippen LogP contribution >= 0.6 is 11.3 Å². The van der Waals surface area contributed by atoms with Gasteiger partial charge in [-0.05, 0) is 46.5 Å². The van der Waals surface area contributed by atoms with Gasteiger partial charge >= 0.3 is 0 Å². The molecule has 1 aliphatic heterocycles. The highest BCUT2D eigenvalue weighted by molar-refractivity contribution is 7.25. The molecule has 0 radical (unpaired) electrons. The Hall–Kier alpha value is -6.30. The van der Waals surface area contributed by atoms with Crippen molar-refractivity contribution in [1.82, 2.24) is 5.32 Å². The molecule has 4 nitrogen and oxygen atoms in total. The Bertz CT molecular complexity index is 2780. The lowest BCUT2D eigenvalue weighted by Crippen LogP contribution is -2.33. The van der Waals surface area contributed by atoms with Crippen LogP contribution < -0.4 is 5.32 Å². The molecule has 0 spiro atoms. The number of nitrogens with one attached hydrogen (secondary N) is 1. The molecule has 0 aliphatic carbocycles. The van der Waals surface area contributed by atoms with Gasteiger partial charge in [0.2, 0.25) is 0 Å². The van der Waals surface area contributed by atoms with Crippen molar-refractivity contribution in [3.05, 3.63) is 180 Å². The third kappa shape index (κ3) is 4.74. The second-order valence-corrected chi connectivity index (χ2v) is 13.6. The van der Waals surface area contributed by atoms with Crippen LogP contribution in [0.15, 0.2) is 178 Å². The van der Waals surface area contributed by atoms with E-state index in [1.807, 2.05) is 35.6 Å². The summed E-state index contributed by atoms with van der Waals surface area (Å²) < 4.78 is 9.17. The Kier molecular flexibility index (Phi) is 6.71. The maximum absolute atomic E-state index is 6.60. The fourth-order valence-electron chi connectivity index (χ4n) is 7.27. The van der Waals surface area contributed by atoms with E-state index in [9.17, 15) is 0 Å². The molecule has 3 heterocycles. The minimum absolute atomic E-state index is 0.401. The summed E-state index contributed by atoms with van der Waals surface area (Å²) in [5.41, 5.74) is 9.39. The van der Waals surface area contributed by atoms with E-state index in [4.69, 9.17) is 14.4 Å². The Morgan fingerprint density at radius 3 is 1.88 bits per heavy atom. The van der Waals surface area contributed by atoms with E-state index in [0.717, 1.165) is 55.6 Å². The van der Waals surface area contributed by atoms with Crippen LogP contribution in [0.4, 0.5) is 0 Å². The van der Waals surface area contributed by atoms with Crippen molar-refractivity contribution in [3.8, 4) is 22.3 Å². The highest BCUT2D eigenvalue weighted by Crippen LogP contribution is 2.45. The van der Waals surface area contributed by atoms with E-state index in [1.54, 1.807) is 0 Å². The fourth-order valence-corrected chi connectivity index (χ4v) is 8.40. The van der Waals surface area contributed by atoms with Crippen molar-refractivity contribution in [2.45, 2.75) is 6.17 Å². The molecule has 0 amide bonds. The van der Waals surface area contributed by atoms with Gasteiger partial charge in [0.05, 0.1) is 0 Å². The quantitative estimate of drug-likeness (QED) is 0.200. The van der Waals surface area contributed by atoms with Crippen LogP contribution in [0.3, 0.4) is 0 Å². The van der Waals surface area contributed by atoms with Gasteiger partial charge in [-0.15, -0.1) is 11.3 Å². The first-order chi connectivity index (χ1) is 24.8. The second-order valence-electron chi connectivity index (χ2n) is 12.5. The predicted molar refractivity (Wildman–Crippen MR) is 209 cm³/mol. The Balaban J connectivity index is 1.17. The van der Waals surface area contributed by atoms with Gasteiger partial charge < -0.3 is 9.73 Å². The molecule has 50 heavy (non-hydrogen) atoms. The zero-order valence-corrected chi connectivity index (χ0v) is 27.7. The largest absolute Gasteiger partial charge is 0.456 e. The monoisotopic (exact) mass is 659 g/mol. The van der Waals surface area contributed by atoms with E-state index >= 15 is 0 Å². The number of fused-ring (bicyclic) bond motifs is 6. The lowest BCUT2D eigenvalue weighted by atomic mass is 9.93. The number of aliphatic imine (C=N–C) groups is 2. The van der Waals surface area contributed by atoms with Crippen LogP contribution in [-0.4, -0.2) is 11.7 Å². The molecule has 7 aromatic carbocycles. The van der Waals surface area contributed by atoms with E-state index in [-0.39, 0.29) is 0 Å². The minimum atomic E-state index is -0.401. The fraction of sp³-hybridized carbons (Fsp3) is 0.0222. The predicted octanol–water partition coefficient (Wildman–Crippen LogP) is 11.8. The number of benzene rings is 7. The molecule has 1 aliphatic rings. The van der Waals surface area contributed by atoms with Crippen molar-refractivity contribution in [2.75, 3.05) is 0 Å². The van der Waals surface area contributed by atoms with Crippen molar-refractivity contribution in [1.29, 1.82) is 0 Å². The molecule has 1 unspecified atom stereocenters. The van der Waals surface area contributed by atoms with Crippen molar-refractivity contribution in [2.24, 2.45) is 9.98 Å². The third-order valence-corrected chi connectivity index (χ3v) is 10.7. The average Bonchev–Trinajstić information content (AvgIpc) is 3.77. The summed E-state index contributed by atoms with van der Waals surface area (Å²) in [4.78, 5) is 10.4. The maximum atomic E-state index is 6.60. The number of furan rings is 1. The molecule has 0 bridgehead atoms. The van der Waals surface area contributed by atoms with Crippen LogP contribution in [0, 0.1) is 0 Å². The summed E-state index contributed by atoms with van der Waals surface area (Å²) in [5, 5.41) is 8.41. The van der Waals surface area contributed by atoms with Crippen LogP contribution in [0.25, 0.3) is 64.4 Å². The van der Waals surface area contributed by atoms with Crippen molar-refractivity contribution in [3.63, 3.8) is 0 Å². The first-order valence-corrected chi connectivity index (χ1v) is 17.6. The summed E-state index contributed by atoms with van der Waals surface area (Å²) in [6.45, 7) is 0. The van der Waals surface area contributed by atoms with Gasteiger partial charge in [-0.25, -0.2) is 9.98 Å². The maximum Gasteiger partial charge on any atom is 0.159 e. The van der Waals surface area contributed by atoms with E-state index in [2.05, 4.69) is 145 Å². The summed E-state index contributed by atoms with van der Waals surface area (Å²) >= 11 is 1.84. The van der Waals surface area contributed by atoms with Gasteiger partial charge in [-0.3, -0.25) is 0 Å². The van der Waals surface area contributed by atoms with Crippen LogP contribution in [0.5, 0.6) is 0 Å². The van der Waals surface area contributed by atoms with Crippen molar-refractivity contribution < 1.29 is 4.42 Å².